The quantitative estimate of drug-likeness (QED) is 0.300. The number of nitrogens with one attached hydrogen (secondary N) is 1. The summed E-state index contributed by atoms with van der Waals surface area (Å²) in [5, 5.41) is 0. The third-order valence-electron chi connectivity index (χ3n) is 4.95. The lowest BCUT2D eigenvalue weighted by Gasteiger charge is -2.17. The highest BCUT2D eigenvalue weighted by atomic mass is 32.2. The van der Waals surface area contributed by atoms with Crippen LogP contribution < -0.4 is 15.2 Å². The molecule has 0 amide bonds. The van der Waals surface area contributed by atoms with Crippen LogP contribution in [0, 0.1) is 11.7 Å². The van der Waals surface area contributed by atoms with Crippen molar-refractivity contribution in [3.63, 3.8) is 0 Å². The summed E-state index contributed by atoms with van der Waals surface area (Å²) >= 11 is 6.78. The van der Waals surface area contributed by atoms with Crippen LogP contribution in [0.5, 0.6) is 5.75 Å². The fourth-order valence-corrected chi connectivity index (χ4v) is 4.07. The van der Waals surface area contributed by atoms with Crippen molar-refractivity contribution >= 4 is 35.1 Å². The van der Waals surface area contributed by atoms with Crippen LogP contribution in [0.4, 0.5) is 4.39 Å². The van der Waals surface area contributed by atoms with Gasteiger partial charge in [-0.3, -0.25) is 4.72 Å². The van der Waals surface area contributed by atoms with Crippen LogP contribution in [0.2, 0.25) is 0 Å². The number of rotatable bonds is 12. The first-order valence-corrected chi connectivity index (χ1v) is 11.3. The Labute approximate surface area is 176 Å². The molecule has 1 saturated carbocycles. The zero-order valence-corrected chi connectivity index (χ0v) is 18.0. The summed E-state index contributed by atoms with van der Waals surface area (Å²) in [6.07, 6.45) is 5.73. The molecule has 0 spiro atoms. The van der Waals surface area contributed by atoms with E-state index in [2.05, 4.69) is 16.6 Å². The number of guanidine groups is 1. The van der Waals surface area contributed by atoms with Gasteiger partial charge in [0, 0.05) is 18.3 Å². The maximum atomic E-state index is 13.9. The van der Waals surface area contributed by atoms with Crippen LogP contribution in [0.1, 0.15) is 50.6 Å². The molecule has 1 unspecified atom stereocenters. The minimum atomic E-state index is -0.284. The van der Waals surface area contributed by atoms with Crippen molar-refractivity contribution in [1.82, 2.24) is 9.62 Å². The first-order valence-electron chi connectivity index (χ1n) is 9.94. The topological polar surface area (TPSA) is 62.9 Å². The van der Waals surface area contributed by atoms with Crippen LogP contribution in [0.3, 0.4) is 0 Å². The molecular formula is C20H29FN4OS2. The summed E-state index contributed by atoms with van der Waals surface area (Å²) in [4.78, 5) is 6.80. The molecule has 0 radical (unpaired) electrons. The number of aliphatic imine (C=N–C) groups is 1. The first kappa shape index (κ1) is 21.3. The third-order valence-corrected chi connectivity index (χ3v) is 6.18. The molecule has 0 saturated heterocycles. The molecule has 0 bridgehead atoms. The lowest BCUT2D eigenvalue weighted by molar-refractivity contribution is 0.285. The van der Waals surface area contributed by atoms with Crippen molar-refractivity contribution in [3.8, 4) is 5.75 Å². The van der Waals surface area contributed by atoms with Gasteiger partial charge in [0.05, 0.1) is 13.2 Å². The molecule has 1 aromatic carbocycles. The van der Waals surface area contributed by atoms with E-state index in [4.69, 9.17) is 22.7 Å². The molecule has 1 aliphatic carbocycles. The van der Waals surface area contributed by atoms with E-state index < -0.39 is 0 Å². The Balaban J connectivity index is 1.29. The zero-order chi connectivity index (χ0) is 19.9. The van der Waals surface area contributed by atoms with Crippen LogP contribution in [0.25, 0.3) is 0 Å². The smallest absolute Gasteiger partial charge is 0.197 e. The van der Waals surface area contributed by atoms with Gasteiger partial charge >= 0.3 is 0 Å². The molecule has 1 aliphatic heterocycles. The summed E-state index contributed by atoms with van der Waals surface area (Å²) in [7, 11) is 0. The first-order chi connectivity index (χ1) is 13.5. The molecule has 154 valence electrons. The van der Waals surface area contributed by atoms with Gasteiger partial charge in [0.15, 0.2) is 17.5 Å². The van der Waals surface area contributed by atoms with Crippen molar-refractivity contribution in [2.75, 3.05) is 25.4 Å². The molecule has 28 heavy (non-hydrogen) atoms. The average molecular weight is 425 g/mol. The highest BCUT2D eigenvalue weighted by molar-refractivity contribution is 7.97. The Kier molecular flexibility index (Phi) is 7.93. The van der Waals surface area contributed by atoms with Crippen molar-refractivity contribution in [2.45, 2.75) is 45.1 Å². The lowest BCUT2D eigenvalue weighted by Crippen LogP contribution is -2.34. The number of halogens is 1. The number of nitrogens with two attached hydrogens (primary N) is 1. The molecule has 3 N–H and O–H groups in total. The summed E-state index contributed by atoms with van der Waals surface area (Å²) in [5.41, 5.74) is 6.86. The van der Waals surface area contributed by atoms with E-state index in [9.17, 15) is 4.39 Å². The molecule has 1 fully saturated rings. The van der Waals surface area contributed by atoms with Gasteiger partial charge < -0.3 is 15.4 Å². The Hall–Kier alpha value is -1.38. The SMILES string of the molecule is CC(NSCCCCCN1CC(=S)N=C1N)c1ccc(F)c(OCC2CC2)c1. The monoisotopic (exact) mass is 424 g/mol. The molecule has 1 atom stereocenters. The van der Waals surface area contributed by atoms with Gasteiger partial charge in [-0.15, -0.1) is 0 Å². The highest BCUT2D eigenvalue weighted by Gasteiger charge is 2.22. The standard InChI is InChI=1S/C20H29FN4OS2/c1-14(16-7-8-17(21)18(11-16)26-13-15-5-6-15)24-28-10-4-2-3-9-25-12-19(27)23-20(25)22/h7-8,11,14-15,24H,2-6,9-10,12-13H2,1H3,(H2,22,23,27). The van der Waals surface area contributed by atoms with Gasteiger partial charge in [-0.25, -0.2) is 9.38 Å². The van der Waals surface area contributed by atoms with E-state index in [1.54, 1.807) is 11.9 Å². The van der Waals surface area contributed by atoms with E-state index >= 15 is 0 Å². The van der Waals surface area contributed by atoms with Crippen LogP contribution in [0.15, 0.2) is 23.2 Å². The number of benzene rings is 1. The lowest BCUT2D eigenvalue weighted by atomic mass is 10.1. The van der Waals surface area contributed by atoms with Crippen molar-refractivity contribution < 1.29 is 9.13 Å². The van der Waals surface area contributed by atoms with Crippen molar-refractivity contribution in [3.05, 3.63) is 29.6 Å². The van der Waals surface area contributed by atoms with E-state index in [0.29, 0.717) is 35.8 Å². The Bertz CT molecular complexity index is 711. The number of nitrogens with zero attached hydrogens (tertiary/aromatic N) is 2. The molecule has 1 aromatic rings. The van der Waals surface area contributed by atoms with E-state index in [0.717, 1.165) is 37.1 Å². The number of hydrogen-bond acceptors (Lipinski definition) is 6. The molecule has 8 heteroatoms. The third kappa shape index (κ3) is 6.60. The van der Waals surface area contributed by atoms with Crippen molar-refractivity contribution in [1.29, 1.82) is 0 Å². The molecule has 2 aliphatic rings. The fraction of sp³-hybridized carbons (Fsp3) is 0.600. The van der Waals surface area contributed by atoms with Gasteiger partial charge in [0.2, 0.25) is 0 Å². The second-order valence-electron chi connectivity index (χ2n) is 7.48. The molecular weight excluding hydrogens is 395 g/mol. The predicted molar refractivity (Wildman–Crippen MR) is 118 cm³/mol. The zero-order valence-electron chi connectivity index (χ0n) is 16.3. The van der Waals surface area contributed by atoms with Gasteiger partial charge in [-0.1, -0.05) is 36.7 Å². The van der Waals surface area contributed by atoms with E-state index in [1.165, 1.54) is 18.9 Å². The molecule has 3 rings (SSSR count). The summed E-state index contributed by atoms with van der Waals surface area (Å²) < 4.78 is 23.0. The number of unbranched alkanes of at least 4 members (excludes halogenated alkanes) is 2. The Morgan fingerprint density at radius 2 is 2.21 bits per heavy atom. The Morgan fingerprint density at radius 1 is 1.39 bits per heavy atom. The minimum Gasteiger partial charge on any atom is -0.490 e. The highest BCUT2D eigenvalue weighted by Crippen LogP contribution is 2.31. The number of hydrogen-bond donors (Lipinski definition) is 2. The van der Waals surface area contributed by atoms with Gasteiger partial charge in [0.25, 0.3) is 0 Å². The normalized spacial score (nSPS) is 17.7. The second-order valence-corrected chi connectivity index (χ2v) is 8.88. The second kappa shape index (κ2) is 10.4. The van der Waals surface area contributed by atoms with Crippen LogP contribution in [-0.2, 0) is 0 Å². The van der Waals surface area contributed by atoms with Crippen molar-refractivity contribution in [2.24, 2.45) is 16.6 Å². The van der Waals surface area contributed by atoms with Crippen LogP contribution >= 0.6 is 24.2 Å². The van der Waals surface area contributed by atoms with Gasteiger partial charge in [0.1, 0.15) is 4.99 Å². The Morgan fingerprint density at radius 3 is 2.93 bits per heavy atom. The van der Waals surface area contributed by atoms with Gasteiger partial charge in [-0.2, -0.15) is 0 Å². The average Bonchev–Trinajstić information content (AvgIpc) is 3.44. The van der Waals surface area contributed by atoms with E-state index in [1.807, 2.05) is 17.0 Å². The maximum Gasteiger partial charge on any atom is 0.197 e. The molecule has 5 nitrogen and oxygen atoms in total. The predicted octanol–water partition coefficient (Wildman–Crippen LogP) is 4.04. The summed E-state index contributed by atoms with van der Waals surface area (Å²) in [6.45, 7) is 4.29. The fourth-order valence-electron chi connectivity index (χ4n) is 2.97. The van der Waals surface area contributed by atoms with Gasteiger partial charge in [-0.05, 0) is 56.2 Å². The summed E-state index contributed by atoms with van der Waals surface area (Å²) in [6, 6.07) is 5.28. The van der Waals surface area contributed by atoms with E-state index in [-0.39, 0.29) is 11.9 Å². The summed E-state index contributed by atoms with van der Waals surface area (Å²) in [5.74, 6) is 2.27. The maximum absolute atomic E-state index is 13.9. The molecule has 1 heterocycles. The molecule has 0 aromatic heterocycles. The largest absolute Gasteiger partial charge is 0.490 e. The minimum absolute atomic E-state index is 0.135. The number of ether oxygens (including phenoxy) is 1. The van der Waals surface area contributed by atoms with Crippen LogP contribution in [-0.4, -0.2) is 41.3 Å². The number of thiocarbonyl (C=S) groups is 1.